The van der Waals surface area contributed by atoms with Crippen molar-refractivity contribution in [1.29, 1.82) is 0 Å². The number of dihydropyridines is 1. The number of hydrogen-bond donors (Lipinski definition) is 1. The van der Waals surface area contributed by atoms with E-state index < -0.39 is 0 Å². The molecule has 33 heavy (non-hydrogen) atoms. The Morgan fingerprint density at radius 1 is 1.21 bits per heavy atom. The summed E-state index contributed by atoms with van der Waals surface area (Å²) in [5.41, 5.74) is 3.68. The van der Waals surface area contributed by atoms with E-state index in [1.54, 1.807) is 18.5 Å². The Labute approximate surface area is 201 Å². The molecule has 1 fully saturated rings. The van der Waals surface area contributed by atoms with Crippen molar-refractivity contribution in [3.63, 3.8) is 0 Å². The molecule has 0 spiro atoms. The standard InChI is InChI=1S/C25H27BrN6O/c26-20-16-30-32-24(29-15-18-4-3-10-27-14-18)13-22(31-25(20)32)19-8-6-17(7-9-19)12-23(33)21-5-1-2-11-28-21/h1-2,4-5,11,13-14,16-17,19,29H,3,6-10,12,15H2. The first-order valence-corrected chi connectivity index (χ1v) is 12.4. The van der Waals surface area contributed by atoms with E-state index in [0.29, 0.717) is 30.5 Å². The number of nitrogens with one attached hydrogen (secondary N) is 1. The summed E-state index contributed by atoms with van der Waals surface area (Å²) in [5, 5.41) is 8.02. The van der Waals surface area contributed by atoms with E-state index in [4.69, 9.17) is 4.98 Å². The zero-order valence-corrected chi connectivity index (χ0v) is 20.0. The fourth-order valence-corrected chi connectivity index (χ4v) is 5.06. The van der Waals surface area contributed by atoms with Crippen molar-refractivity contribution < 1.29 is 4.79 Å². The summed E-state index contributed by atoms with van der Waals surface area (Å²) in [4.78, 5) is 26.1. The highest BCUT2D eigenvalue weighted by Gasteiger charge is 2.26. The molecule has 0 radical (unpaired) electrons. The lowest BCUT2D eigenvalue weighted by Crippen LogP contribution is -2.19. The van der Waals surface area contributed by atoms with Crippen LogP contribution in [0.25, 0.3) is 5.65 Å². The molecule has 0 aromatic carbocycles. The van der Waals surface area contributed by atoms with Gasteiger partial charge in [0.15, 0.2) is 11.4 Å². The maximum absolute atomic E-state index is 12.6. The van der Waals surface area contributed by atoms with Crippen LogP contribution in [0.2, 0.25) is 0 Å². The van der Waals surface area contributed by atoms with Crippen LogP contribution in [0, 0.1) is 5.92 Å². The molecule has 1 aliphatic carbocycles. The maximum Gasteiger partial charge on any atom is 0.181 e. The van der Waals surface area contributed by atoms with E-state index in [9.17, 15) is 4.79 Å². The lowest BCUT2D eigenvalue weighted by molar-refractivity contribution is 0.0943. The van der Waals surface area contributed by atoms with E-state index >= 15 is 0 Å². The molecule has 0 amide bonds. The summed E-state index contributed by atoms with van der Waals surface area (Å²) >= 11 is 3.60. The predicted octanol–water partition coefficient (Wildman–Crippen LogP) is 5.25. The molecule has 5 rings (SSSR count). The van der Waals surface area contributed by atoms with Gasteiger partial charge in [-0.25, -0.2) is 4.98 Å². The van der Waals surface area contributed by atoms with Crippen LogP contribution in [-0.4, -0.2) is 44.7 Å². The number of aromatic nitrogens is 4. The zero-order valence-electron chi connectivity index (χ0n) is 18.5. The topological polar surface area (TPSA) is 84.5 Å². The van der Waals surface area contributed by atoms with Crippen molar-refractivity contribution in [3.05, 3.63) is 64.2 Å². The van der Waals surface area contributed by atoms with Crippen LogP contribution in [0.1, 0.15) is 60.6 Å². The van der Waals surface area contributed by atoms with Gasteiger partial charge in [0.25, 0.3) is 0 Å². The molecule has 2 aliphatic rings. The molecule has 1 saturated carbocycles. The summed E-state index contributed by atoms with van der Waals surface area (Å²) in [5.74, 6) is 1.88. The van der Waals surface area contributed by atoms with Crippen LogP contribution in [0.5, 0.6) is 0 Å². The number of Topliss-reactive ketones (excluding diaryl/α,β-unsaturated/α-hetero) is 1. The average molecular weight is 507 g/mol. The van der Waals surface area contributed by atoms with Crippen LogP contribution >= 0.6 is 15.9 Å². The van der Waals surface area contributed by atoms with Crippen LogP contribution < -0.4 is 5.32 Å². The molecule has 0 atom stereocenters. The highest BCUT2D eigenvalue weighted by Crippen LogP contribution is 2.38. The van der Waals surface area contributed by atoms with Gasteiger partial charge >= 0.3 is 0 Å². The molecular weight excluding hydrogens is 480 g/mol. The monoisotopic (exact) mass is 506 g/mol. The molecule has 0 bridgehead atoms. The van der Waals surface area contributed by atoms with Crippen molar-refractivity contribution >= 4 is 39.4 Å². The largest absolute Gasteiger partial charge is 0.366 e. The van der Waals surface area contributed by atoms with Crippen LogP contribution in [0.3, 0.4) is 0 Å². The molecule has 0 unspecified atom stereocenters. The third-order valence-electron chi connectivity index (χ3n) is 6.53. The van der Waals surface area contributed by atoms with Gasteiger partial charge in [-0.2, -0.15) is 9.61 Å². The molecule has 1 aliphatic heterocycles. The normalized spacial score (nSPS) is 20.6. The second-order valence-electron chi connectivity index (χ2n) is 8.81. The van der Waals surface area contributed by atoms with Gasteiger partial charge in [0, 0.05) is 49.6 Å². The van der Waals surface area contributed by atoms with E-state index in [1.807, 2.05) is 22.9 Å². The SMILES string of the molecule is O=C(CC1CCC(c2cc(NCC3=CCCN=C3)n3ncc(Br)c3n2)CC1)c1ccccn1. The van der Waals surface area contributed by atoms with Crippen molar-refractivity contribution in [2.45, 2.75) is 44.4 Å². The van der Waals surface area contributed by atoms with Gasteiger partial charge in [-0.05, 0) is 71.7 Å². The molecule has 7 nitrogen and oxygen atoms in total. The Balaban J connectivity index is 1.27. The quantitative estimate of drug-likeness (QED) is 0.442. The number of halogens is 1. The zero-order chi connectivity index (χ0) is 22.6. The number of rotatable bonds is 7. The first kappa shape index (κ1) is 21.9. The summed E-state index contributed by atoms with van der Waals surface area (Å²) in [6.07, 6.45) is 13.3. The minimum absolute atomic E-state index is 0.147. The number of carbonyl (C=O) groups excluding carboxylic acids is 1. The Morgan fingerprint density at radius 2 is 2.09 bits per heavy atom. The fourth-order valence-electron chi connectivity index (χ4n) is 4.72. The smallest absolute Gasteiger partial charge is 0.181 e. The van der Waals surface area contributed by atoms with Crippen molar-refractivity contribution in [3.8, 4) is 0 Å². The summed E-state index contributed by atoms with van der Waals surface area (Å²) in [6, 6.07) is 7.65. The van der Waals surface area contributed by atoms with E-state index in [0.717, 1.165) is 60.3 Å². The Kier molecular flexibility index (Phi) is 6.62. The number of anilines is 1. The number of carbonyl (C=O) groups is 1. The predicted molar refractivity (Wildman–Crippen MR) is 133 cm³/mol. The second-order valence-corrected chi connectivity index (χ2v) is 9.66. The number of fused-ring (bicyclic) bond motifs is 1. The van der Waals surface area contributed by atoms with Gasteiger partial charge in [0.2, 0.25) is 0 Å². The summed E-state index contributed by atoms with van der Waals surface area (Å²) < 4.78 is 2.74. The van der Waals surface area contributed by atoms with Gasteiger partial charge in [-0.3, -0.25) is 14.8 Å². The van der Waals surface area contributed by atoms with Gasteiger partial charge in [-0.15, -0.1) is 0 Å². The van der Waals surface area contributed by atoms with E-state index in [1.165, 1.54) is 5.57 Å². The van der Waals surface area contributed by atoms with Crippen molar-refractivity contribution in [2.24, 2.45) is 10.9 Å². The molecular formula is C25H27BrN6O. The van der Waals surface area contributed by atoms with Crippen molar-refractivity contribution in [2.75, 3.05) is 18.4 Å². The number of pyridine rings is 1. The average Bonchev–Trinajstić information content (AvgIpc) is 3.25. The van der Waals surface area contributed by atoms with E-state index in [2.05, 4.69) is 48.5 Å². The van der Waals surface area contributed by atoms with Gasteiger partial charge in [0.1, 0.15) is 11.5 Å². The minimum Gasteiger partial charge on any atom is -0.366 e. The lowest BCUT2D eigenvalue weighted by atomic mass is 9.78. The summed E-state index contributed by atoms with van der Waals surface area (Å²) in [7, 11) is 0. The lowest BCUT2D eigenvalue weighted by Gasteiger charge is -2.28. The Hall–Kier alpha value is -2.87. The number of ketones is 1. The highest BCUT2D eigenvalue weighted by atomic mass is 79.9. The Bertz CT molecular complexity index is 1190. The molecule has 0 saturated heterocycles. The number of aliphatic imine (C=N–C) groups is 1. The van der Waals surface area contributed by atoms with Gasteiger partial charge in [0.05, 0.1) is 10.7 Å². The Morgan fingerprint density at radius 3 is 2.85 bits per heavy atom. The first-order chi connectivity index (χ1) is 16.2. The first-order valence-electron chi connectivity index (χ1n) is 11.6. The van der Waals surface area contributed by atoms with Crippen LogP contribution in [0.4, 0.5) is 5.82 Å². The van der Waals surface area contributed by atoms with Crippen LogP contribution in [0.15, 0.2) is 57.8 Å². The third-order valence-corrected chi connectivity index (χ3v) is 7.09. The molecule has 3 aromatic rings. The van der Waals surface area contributed by atoms with Gasteiger partial charge in [-0.1, -0.05) is 12.1 Å². The maximum atomic E-state index is 12.6. The van der Waals surface area contributed by atoms with Crippen LogP contribution in [-0.2, 0) is 0 Å². The highest BCUT2D eigenvalue weighted by molar-refractivity contribution is 9.10. The number of nitrogens with zero attached hydrogens (tertiary/aromatic N) is 5. The number of hydrogen-bond acceptors (Lipinski definition) is 6. The second kappa shape index (κ2) is 9.95. The minimum atomic E-state index is 0.147. The molecule has 4 heterocycles. The summed E-state index contributed by atoms with van der Waals surface area (Å²) in [6.45, 7) is 1.58. The van der Waals surface area contributed by atoms with Crippen molar-refractivity contribution in [1.82, 2.24) is 19.6 Å². The fraction of sp³-hybridized carbons (Fsp3) is 0.400. The van der Waals surface area contributed by atoms with Gasteiger partial charge < -0.3 is 5.32 Å². The molecule has 1 N–H and O–H groups in total. The molecule has 170 valence electrons. The molecule has 3 aromatic heterocycles. The third kappa shape index (κ3) is 5.05. The molecule has 8 heteroatoms. The van der Waals surface area contributed by atoms with E-state index in [-0.39, 0.29) is 5.78 Å².